The maximum atomic E-state index is 2.36. The molecule has 1 aromatic rings. The molecule has 0 radical (unpaired) electrons. The Bertz CT molecular complexity index is 326. The van der Waals surface area contributed by atoms with Crippen molar-refractivity contribution in [2.45, 2.75) is 37.0 Å². The summed E-state index contributed by atoms with van der Waals surface area (Å²) in [7, 11) is 0. The third-order valence-electron chi connectivity index (χ3n) is 3.03. The average molecular weight is 192 g/mol. The van der Waals surface area contributed by atoms with Gasteiger partial charge in [-0.1, -0.05) is 26.0 Å². The van der Waals surface area contributed by atoms with E-state index in [1.807, 2.05) is 11.8 Å². The molecule has 0 saturated heterocycles. The smallest absolute Gasteiger partial charge is 0.0109 e. The zero-order valence-electron chi connectivity index (χ0n) is 8.55. The molecule has 0 nitrogen and oxygen atoms in total. The Labute approximate surface area is 84.7 Å². The minimum Gasteiger partial charge on any atom is -0.129 e. The minimum absolute atomic E-state index is 0.398. The quantitative estimate of drug-likeness (QED) is 0.612. The van der Waals surface area contributed by atoms with Gasteiger partial charge < -0.3 is 0 Å². The largest absolute Gasteiger partial charge is 0.129 e. The Morgan fingerprint density at radius 3 is 2.77 bits per heavy atom. The van der Waals surface area contributed by atoms with Crippen LogP contribution in [0.3, 0.4) is 0 Å². The van der Waals surface area contributed by atoms with Crippen LogP contribution in [0.2, 0.25) is 0 Å². The van der Waals surface area contributed by atoms with Crippen molar-refractivity contribution in [3.05, 3.63) is 29.3 Å². The van der Waals surface area contributed by atoms with Crippen LogP contribution in [0.5, 0.6) is 0 Å². The summed E-state index contributed by atoms with van der Waals surface area (Å²) < 4.78 is 0. The molecular formula is C12H16S. The van der Waals surface area contributed by atoms with E-state index in [4.69, 9.17) is 0 Å². The van der Waals surface area contributed by atoms with E-state index in [1.54, 1.807) is 11.1 Å². The normalized spacial score (nSPS) is 18.7. The van der Waals surface area contributed by atoms with Gasteiger partial charge in [0.2, 0.25) is 0 Å². The molecule has 0 amide bonds. The summed E-state index contributed by atoms with van der Waals surface area (Å²) in [5.74, 6) is 0. The lowest BCUT2D eigenvalue weighted by molar-refractivity contribution is 0.515. The highest BCUT2D eigenvalue weighted by molar-refractivity contribution is 7.98. The molecule has 1 heteroatoms. The lowest BCUT2D eigenvalue weighted by atomic mass is 9.86. The van der Waals surface area contributed by atoms with E-state index in [2.05, 4.69) is 38.3 Å². The van der Waals surface area contributed by atoms with E-state index < -0.39 is 0 Å². The summed E-state index contributed by atoms with van der Waals surface area (Å²) in [6.45, 7) is 4.72. The van der Waals surface area contributed by atoms with Crippen LogP contribution in [0, 0.1) is 0 Å². The number of fused-ring (bicyclic) bond motifs is 1. The predicted molar refractivity (Wildman–Crippen MR) is 59.6 cm³/mol. The summed E-state index contributed by atoms with van der Waals surface area (Å²) in [4.78, 5) is 1.47. The molecule has 13 heavy (non-hydrogen) atoms. The van der Waals surface area contributed by atoms with Crippen molar-refractivity contribution in [2.75, 3.05) is 6.26 Å². The summed E-state index contributed by atoms with van der Waals surface area (Å²) in [5.41, 5.74) is 3.56. The second kappa shape index (κ2) is 3.06. The fourth-order valence-electron chi connectivity index (χ4n) is 2.30. The van der Waals surface area contributed by atoms with Crippen molar-refractivity contribution in [3.8, 4) is 0 Å². The van der Waals surface area contributed by atoms with Crippen molar-refractivity contribution < 1.29 is 0 Å². The van der Waals surface area contributed by atoms with Gasteiger partial charge in [0, 0.05) is 4.90 Å². The Kier molecular flexibility index (Phi) is 2.15. The molecule has 0 bridgehead atoms. The van der Waals surface area contributed by atoms with Crippen molar-refractivity contribution in [1.82, 2.24) is 0 Å². The number of rotatable bonds is 1. The molecule has 0 unspecified atom stereocenters. The molecule has 0 heterocycles. The molecule has 0 saturated carbocycles. The minimum atomic E-state index is 0.398. The number of hydrogen-bond acceptors (Lipinski definition) is 1. The highest BCUT2D eigenvalue weighted by atomic mass is 32.2. The van der Waals surface area contributed by atoms with Gasteiger partial charge in [-0.2, -0.15) is 0 Å². The van der Waals surface area contributed by atoms with Crippen LogP contribution < -0.4 is 0 Å². The van der Waals surface area contributed by atoms with Gasteiger partial charge in [0.15, 0.2) is 0 Å². The molecule has 70 valence electrons. The number of hydrogen-bond donors (Lipinski definition) is 0. The Morgan fingerprint density at radius 1 is 1.31 bits per heavy atom. The maximum Gasteiger partial charge on any atom is 0.0109 e. The molecule has 0 spiro atoms. The van der Waals surface area contributed by atoms with Gasteiger partial charge in [-0.05, 0) is 41.7 Å². The molecule has 1 aliphatic carbocycles. The monoisotopic (exact) mass is 192 g/mol. The second-order valence-corrected chi connectivity index (χ2v) is 5.23. The lowest BCUT2D eigenvalue weighted by Gasteiger charge is -2.21. The molecule has 0 atom stereocenters. The van der Waals surface area contributed by atoms with Crippen LogP contribution in [0.4, 0.5) is 0 Å². The number of aryl methyl sites for hydroxylation is 1. The highest BCUT2D eigenvalue weighted by Gasteiger charge is 2.31. The average Bonchev–Trinajstić information content (AvgIpc) is 2.43. The molecular weight excluding hydrogens is 176 g/mol. The summed E-state index contributed by atoms with van der Waals surface area (Å²) in [6.07, 6.45) is 4.74. The van der Waals surface area contributed by atoms with Gasteiger partial charge in [-0.15, -0.1) is 11.8 Å². The fraction of sp³-hybridized carbons (Fsp3) is 0.500. The number of thioether (sulfide) groups is 1. The fourth-order valence-corrected chi connectivity index (χ4v) is 3.12. The molecule has 1 aromatic carbocycles. The summed E-state index contributed by atoms with van der Waals surface area (Å²) in [5, 5.41) is 0. The van der Waals surface area contributed by atoms with Crippen LogP contribution >= 0.6 is 11.8 Å². The van der Waals surface area contributed by atoms with E-state index in [0.717, 1.165) is 0 Å². The Hall–Kier alpha value is -0.430. The molecule has 2 rings (SSSR count). The van der Waals surface area contributed by atoms with Crippen LogP contribution in [0.1, 0.15) is 31.4 Å². The van der Waals surface area contributed by atoms with Gasteiger partial charge in [-0.3, -0.25) is 0 Å². The van der Waals surface area contributed by atoms with Crippen LogP contribution in [0.25, 0.3) is 0 Å². The van der Waals surface area contributed by atoms with E-state index in [1.165, 1.54) is 17.7 Å². The van der Waals surface area contributed by atoms with Gasteiger partial charge in [0.1, 0.15) is 0 Å². The first-order valence-corrected chi connectivity index (χ1v) is 6.04. The van der Waals surface area contributed by atoms with Crippen LogP contribution in [-0.2, 0) is 11.8 Å². The first-order valence-electron chi connectivity index (χ1n) is 4.81. The molecule has 0 aliphatic heterocycles. The van der Waals surface area contributed by atoms with Crippen molar-refractivity contribution >= 4 is 11.8 Å². The van der Waals surface area contributed by atoms with Gasteiger partial charge in [-0.25, -0.2) is 0 Å². The molecule has 0 N–H and O–H groups in total. The third-order valence-corrected chi connectivity index (χ3v) is 3.81. The van der Waals surface area contributed by atoms with Crippen molar-refractivity contribution in [1.29, 1.82) is 0 Å². The number of benzene rings is 1. The molecule has 1 aliphatic rings. The zero-order valence-corrected chi connectivity index (χ0v) is 9.37. The molecule has 0 fully saturated rings. The first kappa shape index (κ1) is 9.14. The SMILES string of the molecule is CSc1cccc2c1C(C)(C)CC2. The standard InChI is InChI=1S/C12H16S/c1-12(2)8-7-9-5-4-6-10(13-3)11(9)12/h4-6H,7-8H2,1-3H3. The van der Waals surface area contributed by atoms with Gasteiger partial charge >= 0.3 is 0 Å². The predicted octanol–water partition coefficient (Wildman–Crippen LogP) is 3.63. The Morgan fingerprint density at radius 2 is 2.08 bits per heavy atom. The van der Waals surface area contributed by atoms with Crippen molar-refractivity contribution in [2.24, 2.45) is 0 Å². The summed E-state index contributed by atoms with van der Waals surface area (Å²) >= 11 is 1.88. The van der Waals surface area contributed by atoms with Crippen LogP contribution in [-0.4, -0.2) is 6.26 Å². The topological polar surface area (TPSA) is 0 Å². The molecule has 0 aromatic heterocycles. The van der Waals surface area contributed by atoms with E-state index in [-0.39, 0.29) is 0 Å². The Balaban J connectivity index is 2.60. The van der Waals surface area contributed by atoms with E-state index in [9.17, 15) is 0 Å². The highest BCUT2D eigenvalue weighted by Crippen LogP contribution is 2.42. The first-order chi connectivity index (χ1) is 6.15. The van der Waals surface area contributed by atoms with E-state index >= 15 is 0 Å². The lowest BCUT2D eigenvalue weighted by Crippen LogP contribution is -2.12. The summed E-state index contributed by atoms with van der Waals surface area (Å²) in [6, 6.07) is 6.71. The van der Waals surface area contributed by atoms with Crippen LogP contribution in [0.15, 0.2) is 23.1 Å². The van der Waals surface area contributed by atoms with Gasteiger partial charge in [0.05, 0.1) is 0 Å². The van der Waals surface area contributed by atoms with Gasteiger partial charge in [0.25, 0.3) is 0 Å². The second-order valence-electron chi connectivity index (χ2n) is 4.38. The maximum absolute atomic E-state index is 2.36. The third kappa shape index (κ3) is 1.39. The van der Waals surface area contributed by atoms with Crippen molar-refractivity contribution in [3.63, 3.8) is 0 Å². The van der Waals surface area contributed by atoms with E-state index in [0.29, 0.717) is 5.41 Å². The zero-order chi connectivity index (χ0) is 9.47.